The molecule has 1 saturated carbocycles. The van der Waals surface area contributed by atoms with Crippen LogP contribution in [0.5, 0.6) is 0 Å². The summed E-state index contributed by atoms with van der Waals surface area (Å²) in [4.78, 5) is 30.2. The van der Waals surface area contributed by atoms with Crippen LogP contribution in [0.15, 0.2) is 42.9 Å². The molecule has 1 fully saturated rings. The van der Waals surface area contributed by atoms with E-state index in [4.69, 9.17) is 4.74 Å². The molecule has 1 unspecified atom stereocenters. The van der Waals surface area contributed by atoms with Crippen LogP contribution < -0.4 is 0 Å². The molecule has 138 valence electrons. The number of imidazole rings is 1. The van der Waals surface area contributed by atoms with Gasteiger partial charge in [0.1, 0.15) is 6.61 Å². The molecular formula is C19H23N3O4. The third-order valence-corrected chi connectivity index (χ3v) is 4.36. The van der Waals surface area contributed by atoms with Crippen molar-refractivity contribution < 1.29 is 19.4 Å². The summed E-state index contributed by atoms with van der Waals surface area (Å²) in [6.07, 6.45) is 4.94. The Hall–Kier alpha value is -2.83. The minimum atomic E-state index is -1.10. The molecule has 3 rings (SSSR count). The molecule has 0 spiro atoms. The minimum Gasteiger partial charge on any atom is -0.479 e. The second-order valence-electron chi connectivity index (χ2n) is 6.43. The first-order chi connectivity index (χ1) is 12.6. The van der Waals surface area contributed by atoms with E-state index in [1.165, 1.54) is 11.1 Å². The number of hydrogen-bond donors (Lipinski definition) is 1. The molecule has 1 aromatic carbocycles. The van der Waals surface area contributed by atoms with Crippen LogP contribution in [0, 0.1) is 0 Å². The number of carbonyl (C=O) groups excluding carboxylic acids is 1. The van der Waals surface area contributed by atoms with E-state index in [9.17, 15) is 14.7 Å². The topological polar surface area (TPSA) is 84.7 Å². The highest BCUT2D eigenvalue weighted by Gasteiger charge is 2.43. The molecule has 1 atom stereocenters. The van der Waals surface area contributed by atoms with Crippen molar-refractivity contribution in [3.63, 3.8) is 0 Å². The van der Waals surface area contributed by atoms with Gasteiger partial charge in [-0.05, 0) is 24.8 Å². The minimum absolute atomic E-state index is 0.107. The van der Waals surface area contributed by atoms with Gasteiger partial charge in [0.05, 0.1) is 18.2 Å². The Morgan fingerprint density at radius 3 is 2.69 bits per heavy atom. The molecule has 7 heteroatoms. The number of aliphatic carboxylic acids is 1. The molecule has 0 saturated heterocycles. The zero-order valence-electron chi connectivity index (χ0n) is 14.7. The molecule has 0 radical (unpaired) electrons. The predicted octanol–water partition coefficient (Wildman–Crippen LogP) is 3.22. The van der Waals surface area contributed by atoms with Gasteiger partial charge in [-0.1, -0.05) is 37.3 Å². The molecule has 1 heterocycles. The van der Waals surface area contributed by atoms with Crippen LogP contribution in [-0.4, -0.2) is 37.7 Å². The van der Waals surface area contributed by atoms with Crippen molar-refractivity contribution in [2.45, 2.75) is 51.4 Å². The summed E-state index contributed by atoms with van der Waals surface area (Å²) in [5, 5.41) is 9.83. The van der Waals surface area contributed by atoms with Crippen molar-refractivity contribution in [2.24, 2.45) is 0 Å². The number of benzene rings is 1. The van der Waals surface area contributed by atoms with E-state index in [0.29, 0.717) is 12.2 Å². The van der Waals surface area contributed by atoms with Crippen LogP contribution in [0.4, 0.5) is 4.79 Å². The molecule has 0 bridgehead atoms. The number of rotatable bonds is 8. The van der Waals surface area contributed by atoms with Crippen molar-refractivity contribution in [1.82, 2.24) is 14.5 Å². The van der Waals surface area contributed by atoms with E-state index in [0.717, 1.165) is 24.8 Å². The maximum Gasteiger partial charge on any atom is 0.411 e. The highest BCUT2D eigenvalue weighted by Crippen LogP contribution is 2.35. The van der Waals surface area contributed by atoms with Gasteiger partial charge in [-0.15, -0.1) is 0 Å². The molecule has 2 aromatic rings. The van der Waals surface area contributed by atoms with Gasteiger partial charge < -0.3 is 14.4 Å². The van der Waals surface area contributed by atoms with Crippen molar-refractivity contribution in [1.29, 1.82) is 0 Å². The SMILES string of the molecule is CCCn1cncc1C(C(=O)O)N(C(=O)OCc1ccccc1)C1CC1. The Morgan fingerprint density at radius 2 is 2.08 bits per heavy atom. The van der Waals surface area contributed by atoms with E-state index in [1.54, 1.807) is 10.9 Å². The number of ether oxygens (including phenoxy) is 1. The second-order valence-corrected chi connectivity index (χ2v) is 6.43. The summed E-state index contributed by atoms with van der Waals surface area (Å²) < 4.78 is 7.20. The number of amides is 1. The van der Waals surface area contributed by atoms with Gasteiger partial charge in [-0.3, -0.25) is 4.90 Å². The fraction of sp³-hybridized carbons (Fsp3) is 0.421. The molecule has 1 amide bonds. The van der Waals surface area contributed by atoms with Crippen LogP contribution in [-0.2, 0) is 22.7 Å². The first-order valence-corrected chi connectivity index (χ1v) is 8.83. The lowest BCUT2D eigenvalue weighted by Crippen LogP contribution is -2.41. The number of carboxylic acid groups (broad SMARTS) is 1. The fourth-order valence-corrected chi connectivity index (χ4v) is 2.99. The lowest BCUT2D eigenvalue weighted by molar-refractivity contribution is -0.143. The molecule has 1 aromatic heterocycles. The molecular weight excluding hydrogens is 334 g/mol. The van der Waals surface area contributed by atoms with E-state index >= 15 is 0 Å². The van der Waals surface area contributed by atoms with Gasteiger partial charge in [-0.25, -0.2) is 14.6 Å². The monoisotopic (exact) mass is 357 g/mol. The van der Waals surface area contributed by atoms with Crippen LogP contribution in [0.25, 0.3) is 0 Å². The Kier molecular flexibility index (Phi) is 5.55. The van der Waals surface area contributed by atoms with E-state index < -0.39 is 18.1 Å². The molecule has 1 N–H and O–H groups in total. The first-order valence-electron chi connectivity index (χ1n) is 8.83. The maximum absolute atomic E-state index is 12.7. The van der Waals surface area contributed by atoms with Gasteiger partial charge in [0.25, 0.3) is 0 Å². The number of aromatic nitrogens is 2. The molecule has 1 aliphatic rings. The fourth-order valence-electron chi connectivity index (χ4n) is 2.99. The average molecular weight is 357 g/mol. The molecule has 1 aliphatic carbocycles. The van der Waals surface area contributed by atoms with Crippen LogP contribution in [0.1, 0.15) is 43.5 Å². The lowest BCUT2D eigenvalue weighted by Gasteiger charge is -2.28. The largest absolute Gasteiger partial charge is 0.479 e. The van der Waals surface area contributed by atoms with Crippen molar-refractivity contribution in [3.05, 3.63) is 54.1 Å². The van der Waals surface area contributed by atoms with Gasteiger partial charge in [0.2, 0.25) is 0 Å². The Bertz CT molecular complexity index is 755. The van der Waals surface area contributed by atoms with Gasteiger partial charge in [-0.2, -0.15) is 0 Å². The molecule has 0 aliphatic heterocycles. The second kappa shape index (κ2) is 8.03. The Balaban J connectivity index is 1.80. The van der Waals surface area contributed by atoms with Gasteiger partial charge in [0, 0.05) is 12.6 Å². The summed E-state index contributed by atoms with van der Waals surface area (Å²) in [6.45, 7) is 2.77. The summed E-state index contributed by atoms with van der Waals surface area (Å²) in [5.41, 5.74) is 1.36. The Labute approximate surface area is 152 Å². The third kappa shape index (κ3) is 4.04. The molecule has 26 heavy (non-hydrogen) atoms. The quantitative estimate of drug-likeness (QED) is 0.784. The predicted molar refractivity (Wildman–Crippen MR) is 94.4 cm³/mol. The third-order valence-electron chi connectivity index (χ3n) is 4.36. The molecule has 7 nitrogen and oxygen atoms in total. The van der Waals surface area contributed by atoms with Crippen molar-refractivity contribution in [2.75, 3.05) is 0 Å². The number of carboxylic acids is 1. The maximum atomic E-state index is 12.7. The summed E-state index contributed by atoms with van der Waals surface area (Å²) in [7, 11) is 0. The summed E-state index contributed by atoms with van der Waals surface area (Å²) >= 11 is 0. The van der Waals surface area contributed by atoms with Crippen molar-refractivity contribution >= 4 is 12.1 Å². The highest BCUT2D eigenvalue weighted by atomic mass is 16.6. The Morgan fingerprint density at radius 1 is 1.35 bits per heavy atom. The van der Waals surface area contributed by atoms with Crippen LogP contribution in [0.2, 0.25) is 0 Å². The smallest absolute Gasteiger partial charge is 0.411 e. The number of nitrogens with zero attached hydrogens (tertiary/aromatic N) is 3. The zero-order valence-corrected chi connectivity index (χ0v) is 14.7. The summed E-state index contributed by atoms with van der Waals surface area (Å²) in [6, 6.07) is 8.14. The van der Waals surface area contributed by atoms with Crippen LogP contribution >= 0.6 is 0 Å². The summed E-state index contributed by atoms with van der Waals surface area (Å²) in [5.74, 6) is -1.08. The number of carbonyl (C=O) groups is 2. The van der Waals surface area contributed by atoms with Gasteiger partial charge in [0.15, 0.2) is 6.04 Å². The van der Waals surface area contributed by atoms with E-state index in [2.05, 4.69) is 4.98 Å². The average Bonchev–Trinajstić information content (AvgIpc) is 3.38. The van der Waals surface area contributed by atoms with Crippen LogP contribution in [0.3, 0.4) is 0 Å². The highest BCUT2D eigenvalue weighted by molar-refractivity contribution is 5.81. The van der Waals surface area contributed by atoms with Crippen molar-refractivity contribution in [3.8, 4) is 0 Å². The number of hydrogen-bond acceptors (Lipinski definition) is 4. The lowest BCUT2D eigenvalue weighted by atomic mass is 10.1. The standard InChI is InChI=1S/C19H23N3O4/c1-2-10-21-13-20-11-16(21)17(18(23)24)22(15-8-9-15)19(25)26-12-14-6-4-3-5-7-14/h3-7,11,13,15,17H,2,8-10,12H2,1H3,(H,23,24). The van der Waals surface area contributed by atoms with E-state index in [-0.39, 0.29) is 12.6 Å². The van der Waals surface area contributed by atoms with E-state index in [1.807, 2.05) is 37.3 Å². The normalized spacial score (nSPS) is 14.7. The van der Waals surface area contributed by atoms with Gasteiger partial charge >= 0.3 is 12.1 Å². The first kappa shape index (κ1) is 18.0. The zero-order chi connectivity index (χ0) is 18.5. The number of aryl methyl sites for hydroxylation is 1.